The summed E-state index contributed by atoms with van der Waals surface area (Å²) in [5.74, 6) is -0.826. The standard InChI is InChI=1S/C13H19O6P/c1-3-17-20(16,18-4-2)10-12(13(14)15)19-11-8-6-5-7-9-11/h5-9,12H,3-4,10H2,1-2H3,(H,14,15). The summed E-state index contributed by atoms with van der Waals surface area (Å²) >= 11 is 0. The Bertz CT molecular complexity index is 451. The fourth-order valence-corrected chi connectivity index (χ4v) is 3.28. The summed E-state index contributed by atoms with van der Waals surface area (Å²) in [5.41, 5.74) is 0. The zero-order valence-electron chi connectivity index (χ0n) is 11.5. The maximum absolute atomic E-state index is 12.3. The Balaban J connectivity index is 2.80. The first kappa shape index (κ1) is 16.7. The average molecular weight is 302 g/mol. The van der Waals surface area contributed by atoms with Gasteiger partial charge in [0.1, 0.15) is 5.75 Å². The SMILES string of the molecule is CCOP(=O)(CC(Oc1ccccc1)C(=O)O)OCC. The molecule has 1 aromatic rings. The summed E-state index contributed by atoms with van der Waals surface area (Å²) in [4.78, 5) is 11.2. The van der Waals surface area contributed by atoms with E-state index in [4.69, 9.17) is 13.8 Å². The van der Waals surface area contributed by atoms with Crippen molar-refractivity contribution in [2.24, 2.45) is 0 Å². The van der Waals surface area contributed by atoms with Crippen LogP contribution < -0.4 is 4.74 Å². The summed E-state index contributed by atoms with van der Waals surface area (Å²) in [6.45, 7) is 3.68. The monoisotopic (exact) mass is 302 g/mol. The second-order valence-electron chi connectivity index (χ2n) is 3.89. The zero-order chi connectivity index (χ0) is 15.0. The normalized spacial score (nSPS) is 12.9. The van der Waals surface area contributed by atoms with E-state index in [0.717, 1.165) is 0 Å². The van der Waals surface area contributed by atoms with E-state index in [1.54, 1.807) is 44.2 Å². The van der Waals surface area contributed by atoms with Crippen molar-refractivity contribution in [3.05, 3.63) is 30.3 Å². The van der Waals surface area contributed by atoms with Crippen LogP contribution in [0.3, 0.4) is 0 Å². The molecule has 1 atom stereocenters. The molecular formula is C13H19O6P. The van der Waals surface area contributed by atoms with Gasteiger partial charge in [0, 0.05) is 0 Å². The van der Waals surface area contributed by atoms with Crippen LogP contribution >= 0.6 is 7.60 Å². The van der Waals surface area contributed by atoms with Gasteiger partial charge in [-0.05, 0) is 26.0 Å². The molecule has 0 heterocycles. The van der Waals surface area contributed by atoms with Gasteiger partial charge in [-0.1, -0.05) is 18.2 Å². The van der Waals surface area contributed by atoms with E-state index in [2.05, 4.69) is 0 Å². The van der Waals surface area contributed by atoms with Gasteiger partial charge in [-0.3, -0.25) is 4.57 Å². The van der Waals surface area contributed by atoms with E-state index < -0.39 is 19.7 Å². The second-order valence-corrected chi connectivity index (χ2v) is 5.99. The lowest BCUT2D eigenvalue weighted by molar-refractivity contribution is -0.144. The summed E-state index contributed by atoms with van der Waals surface area (Å²) in [6, 6.07) is 8.48. The molecule has 7 heteroatoms. The van der Waals surface area contributed by atoms with E-state index in [1.807, 2.05) is 0 Å². The van der Waals surface area contributed by atoms with Gasteiger partial charge in [0.15, 0.2) is 0 Å². The molecule has 1 rings (SSSR count). The number of carboxylic acid groups (broad SMARTS) is 1. The first-order valence-corrected chi connectivity index (χ1v) is 8.06. The topological polar surface area (TPSA) is 82.1 Å². The highest BCUT2D eigenvalue weighted by Gasteiger charge is 2.34. The third-order valence-corrected chi connectivity index (χ3v) is 4.42. The van der Waals surface area contributed by atoms with Crippen LogP contribution in [0.2, 0.25) is 0 Å². The van der Waals surface area contributed by atoms with Gasteiger partial charge in [0.05, 0.1) is 19.4 Å². The van der Waals surface area contributed by atoms with Gasteiger partial charge < -0.3 is 18.9 Å². The van der Waals surface area contributed by atoms with Gasteiger partial charge >= 0.3 is 13.6 Å². The number of rotatable bonds is 9. The van der Waals surface area contributed by atoms with Crippen molar-refractivity contribution in [3.63, 3.8) is 0 Å². The van der Waals surface area contributed by atoms with E-state index in [-0.39, 0.29) is 19.4 Å². The predicted molar refractivity (Wildman–Crippen MR) is 74.2 cm³/mol. The fourth-order valence-electron chi connectivity index (χ4n) is 1.57. The van der Waals surface area contributed by atoms with Crippen LogP contribution in [0, 0.1) is 0 Å². The van der Waals surface area contributed by atoms with Crippen LogP contribution in [-0.4, -0.2) is 36.6 Å². The number of hydrogen-bond acceptors (Lipinski definition) is 5. The fraction of sp³-hybridized carbons (Fsp3) is 0.462. The maximum Gasteiger partial charge on any atom is 0.345 e. The Morgan fingerprint density at radius 1 is 1.20 bits per heavy atom. The van der Waals surface area contributed by atoms with Crippen molar-refractivity contribution in [2.75, 3.05) is 19.4 Å². The van der Waals surface area contributed by atoms with E-state index in [9.17, 15) is 14.5 Å². The molecule has 0 amide bonds. The summed E-state index contributed by atoms with van der Waals surface area (Å²) in [6.07, 6.45) is -1.62. The molecule has 0 spiro atoms. The molecular weight excluding hydrogens is 283 g/mol. The van der Waals surface area contributed by atoms with Crippen LogP contribution in [0.1, 0.15) is 13.8 Å². The highest BCUT2D eigenvalue weighted by Crippen LogP contribution is 2.48. The van der Waals surface area contributed by atoms with Crippen molar-refractivity contribution >= 4 is 13.6 Å². The Kier molecular flexibility index (Phi) is 6.71. The molecule has 0 saturated carbocycles. The molecule has 0 fully saturated rings. The first-order chi connectivity index (χ1) is 9.50. The van der Waals surface area contributed by atoms with Crippen molar-refractivity contribution in [2.45, 2.75) is 20.0 Å². The lowest BCUT2D eigenvalue weighted by Gasteiger charge is -2.21. The smallest absolute Gasteiger partial charge is 0.345 e. The molecule has 112 valence electrons. The molecule has 6 nitrogen and oxygen atoms in total. The number of carbonyl (C=O) groups is 1. The van der Waals surface area contributed by atoms with Gasteiger partial charge in [-0.25, -0.2) is 4.79 Å². The molecule has 1 unspecified atom stereocenters. The lowest BCUT2D eigenvalue weighted by Crippen LogP contribution is -2.31. The average Bonchev–Trinajstić information content (AvgIpc) is 2.39. The second kappa shape index (κ2) is 8.04. The molecule has 0 aliphatic heterocycles. The van der Waals surface area contributed by atoms with Crippen LogP contribution in [0.5, 0.6) is 5.75 Å². The minimum absolute atomic E-state index is 0.176. The third kappa shape index (κ3) is 5.33. The summed E-state index contributed by atoms with van der Waals surface area (Å²) < 4.78 is 27.8. The molecule has 1 N–H and O–H groups in total. The molecule has 0 aromatic heterocycles. The zero-order valence-corrected chi connectivity index (χ0v) is 12.4. The molecule has 0 saturated heterocycles. The van der Waals surface area contributed by atoms with Crippen molar-refractivity contribution in [3.8, 4) is 5.75 Å². The maximum atomic E-state index is 12.3. The van der Waals surface area contributed by atoms with Crippen LogP contribution in [0.15, 0.2) is 30.3 Å². The number of carboxylic acids is 1. The highest BCUT2D eigenvalue weighted by atomic mass is 31.2. The Morgan fingerprint density at radius 3 is 2.20 bits per heavy atom. The van der Waals surface area contributed by atoms with E-state index >= 15 is 0 Å². The largest absolute Gasteiger partial charge is 0.478 e. The molecule has 20 heavy (non-hydrogen) atoms. The quantitative estimate of drug-likeness (QED) is 0.706. The van der Waals surface area contributed by atoms with Crippen molar-refractivity contribution in [1.29, 1.82) is 0 Å². The number of aliphatic carboxylic acids is 1. The Morgan fingerprint density at radius 2 is 1.75 bits per heavy atom. The summed E-state index contributed by atoms with van der Waals surface area (Å²) in [5, 5.41) is 9.18. The van der Waals surface area contributed by atoms with Gasteiger partial charge in [0.25, 0.3) is 0 Å². The minimum Gasteiger partial charge on any atom is -0.478 e. The predicted octanol–water partition coefficient (Wildman–Crippen LogP) is 2.78. The summed E-state index contributed by atoms with van der Waals surface area (Å²) in [7, 11) is -3.47. The van der Waals surface area contributed by atoms with Gasteiger partial charge in [-0.15, -0.1) is 0 Å². The number of para-hydroxylation sites is 1. The third-order valence-electron chi connectivity index (χ3n) is 2.34. The molecule has 0 radical (unpaired) electrons. The first-order valence-electron chi connectivity index (χ1n) is 6.33. The Labute approximate surface area is 118 Å². The van der Waals surface area contributed by atoms with Gasteiger partial charge in [-0.2, -0.15) is 0 Å². The lowest BCUT2D eigenvalue weighted by atomic mass is 10.3. The number of hydrogen-bond donors (Lipinski definition) is 1. The molecule has 0 aliphatic carbocycles. The number of ether oxygens (including phenoxy) is 1. The van der Waals surface area contributed by atoms with Crippen LogP contribution in [0.4, 0.5) is 0 Å². The number of benzene rings is 1. The minimum atomic E-state index is -3.47. The van der Waals surface area contributed by atoms with Crippen LogP contribution in [-0.2, 0) is 18.4 Å². The molecule has 0 aliphatic rings. The van der Waals surface area contributed by atoms with E-state index in [1.165, 1.54) is 0 Å². The highest BCUT2D eigenvalue weighted by molar-refractivity contribution is 7.53. The van der Waals surface area contributed by atoms with Crippen LogP contribution in [0.25, 0.3) is 0 Å². The molecule has 0 bridgehead atoms. The van der Waals surface area contributed by atoms with Gasteiger partial charge in [0.2, 0.25) is 6.10 Å². The van der Waals surface area contributed by atoms with Crippen molar-refractivity contribution < 1.29 is 28.3 Å². The van der Waals surface area contributed by atoms with E-state index in [0.29, 0.717) is 5.75 Å². The Hall–Kier alpha value is -1.36. The molecule has 1 aromatic carbocycles. The van der Waals surface area contributed by atoms with Crippen molar-refractivity contribution in [1.82, 2.24) is 0 Å².